The van der Waals surface area contributed by atoms with E-state index in [0.29, 0.717) is 0 Å². The topological polar surface area (TPSA) is 0 Å². The summed E-state index contributed by atoms with van der Waals surface area (Å²) in [5, 5.41) is 2.57. The second-order valence-corrected chi connectivity index (χ2v) is 6.60. The van der Waals surface area contributed by atoms with Crippen LogP contribution in [0, 0.1) is 0 Å². The van der Waals surface area contributed by atoms with Gasteiger partial charge in [0.25, 0.3) is 0 Å². The van der Waals surface area contributed by atoms with Crippen LogP contribution in [-0.2, 0) is 0 Å². The summed E-state index contributed by atoms with van der Waals surface area (Å²) < 4.78 is 0. The van der Waals surface area contributed by atoms with Gasteiger partial charge >= 0.3 is 0 Å². The number of hydrogen-bond acceptors (Lipinski definition) is 4. The van der Waals surface area contributed by atoms with Crippen molar-refractivity contribution in [3.05, 3.63) is 24.3 Å². The number of rotatable bonds is 3. The summed E-state index contributed by atoms with van der Waals surface area (Å²) in [6, 6.07) is 8.93. The lowest BCUT2D eigenvalue weighted by Gasteiger charge is -2.10. The fourth-order valence-corrected chi connectivity index (χ4v) is 4.26. The normalized spacial score (nSPS) is 11.1. The first kappa shape index (κ1) is 13.5. The van der Waals surface area contributed by atoms with E-state index in [1.807, 2.05) is 0 Å². The highest BCUT2D eigenvalue weighted by Gasteiger charge is 2.06. The van der Waals surface area contributed by atoms with Gasteiger partial charge in [0.2, 0.25) is 0 Å². The minimum absolute atomic E-state index is 1.06. The molecule has 90 valence electrons. The van der Waals surface area contributed by atoms with Crippen LogP contribution < -0.4 is 0 Å². The van der Waals surface area contributed by atoms with Crippen LogP contribution >= 0.6 is 47.9 Å². The fourth-order valence-electron chi connectivity index (χ4n) is 1.76. The quantitative estimate of drug-likeness (QED) is 0.604. The second-order valence-electron chi connectivity index (χ2n) is 3.58. The minimum atomic E-state index is 1.06. The number of fused-ring (bicyclic) bond motifs is 1. The van der Waals surface area contributed by atoms with Gasteiger partial charge in [-0.3, -0.25) is 0 Å². The zero-order valence-corrected chi connectivity index (χ0v) is 13.3. The Bertz CT molecular complexity index is 549. The van der Waals surface area contributed by atoms with Crippen molar-refractivity contribution < 1.29 is 0 Å². The summed E-state index contributed by atoms with van der Waals surface area (Å²) >= 11 is 9.88. The van der Waals surface area contributed by atoms with Crippen molar-refractivity contribution in [3.8, 4) is 0 Å². The third-order valence-electron chi connectivity index (χ3n) is 2.64. The third kappa shape index (κ3) is 2.75. The first-order valence-electron chi connectivity index (χ1n) is 5.12. The average Bonchev–Trinajstić information content (AvgIpc) is 2.36. The van der Waals surface area contributed by atoms with Gasteiger partial charge in [-0.05, 0) is 53.8 Å². The fraction of sp³-hybridized carbons (Fsp3) is 0.231. The zero-order chi connectivity index (χ0) is 12.4. The van der Waals surface area contributed by atoms with Gasteiger partial charge in [0.15, 0.2) is 0 Å². The molecular formula is C13H14S4. The second kappa shape index (κ2) is 5.83. The van der Waals surface area contributed by atoms with Crippen LogP contribution in [-0.4, -0.2) is 18.8 Å². The lowest BCUT2D eigenvalue weighted by molar-refractivity contribution is 1.25. The van der Waals surface area contributed by atoms with Gasteiger partial charge in [-0.2, -0.15) is 0 Å². The van der Waals surface area contributed by atoms with Gasteiger partial charge in [-0.25, -0.2) is 0 Å². The average molecular weight is 299 g/mol. The number of benzene rings is 2. The molecule has 0 aliphatic heterocycles. The molecule has 0 heterocycles. The molecule has 0 aromatic heterocycles. The van der Waals surface area contributed by atoms with Crippen molar-refractivity contribution in [2.75, 3.05) is 18.8 Å². The number of thioether (sulfide) groups is 3. The predicted molar refractivity (Wildman–Crippen MR) is 86.5 cm³/mol. The van der Waals surface area contributed by atoms with E-state index in [9.17, 15) is 0 Å². The molecule has 0 radical (unpaired) electrons. The maximum absolute atomic E-state index is 4.53. The maximum Gasteiger partial charge on any atom is 0.0211 e. The molecule has 0 spiro atoms. The summed E-state index contributed by atoms with van der Waals surface area (Å²) in [6.45, 7) is 0. The van der Waals surface area contributed by atoms with Crippen LogP contribution in [0.1, 0.15) is 0 Å². The Kier molecular flexibility index (Phi) is 4.64. The number of thiol groups is 1. The molecule has 2 aromatic rings. The van der Waals surface area contributed by atoms with E-state index in [2.05, 4.69) is 55.7 Å². The molecule has 0 saturated carbocycles. The van der Waals surface area contributed by atoms with Crippen molar-refractivity contribution in [2.45, 2.75) is 19.6 Å². The first-order valence-corrected chi connectivity index (χ1v) is 9.24. The van der Waals surface area contributed by atoms with E-state index in [1.54, 1.807) is 35.3 Å². The van der Waals surface area contributed by atoms with E-state index in [4.69, 9.17) is 0 Å². The smallest absolute Gasteiger partial charge is 0.0211 e. The van der Waals surface area contributed by atoms with Crippen LogP contribution in [0.25, 0.3) is 10.8 Å². The molecule has 0 amide bonds. The Morgan fingerprint density at radius 1 is 0.706 bits per heavy atom. The molecule has 0 aliphatic rings. The van der Waals surface area contributed by atoms with Gasteiger partial charge in [0.05, 0.1) is 0 Å². The van der Waals surface area contributed by atoms with Gasteiger partial charge in [0, 0.05) is 19.6 Å². The molecule has 17 heavy (non-hydrogen) atoms. The number of hydrogen-bond donors (Lipinski definition) is 1. The molecule has 4 heteroatoms. The highest BCUT2D eigenvalue weighted by Crippen LogP contribution is 2.35. The molecule has 0 saturated heterocycles. The molecule has 0 atom stereocenters. The first-order chi connectivity index (χ1) is 8.19. The Labute approximate surface area is 121 Å². The van der Waals surface area contributed by atoms with E-state index in [-0.39, 0.29) is 0 Å². The standard InChI is InChI=1S/C13H14S4/c1-15-11-5-9-7-13(17-3)12(16-2)6-8(9)4-10(11)14/h4-7,14H,1-3H3. The molecule has 0 bridgehead atoms. The molecule has 0 fully saturated rings. The zero-order valence-electron chi connectivity index (χ0n) is 9.98. The lowest BCUT2D eigenvalue weighted by Crippen LogP contribution is -1.83. The van der Waals surface area contributed by atoms with Crippen molar-refractivity contribution >= 4 is 58.7 Å². The summed E-state index contributed by atoms with van der Waals surface area (Å²) in [4.78, 5) is 5.00. The molecule has 0 N–H and O–H groups in total. The minimum Gasteiger partial charge on any atom is -0.142 e. The van der Waals surface area contributed by atoms with Crippen LogP contribution in [0.5, 0.6) is 0 Å². The SMILES string of the molecule is CSc1cc2cc(SC)c(SC)cc2cc1S. The highest BCUT2D eigenvalue weighted by molar-refractivity contribution is 8.01. The predicted octanol–water partition coefficient (Wildman–Crippen LogP) is 5.29. The summed E-state index contributed by atoms with van der Waals surface area (Å²) in [5.74, 6) is 0. The molecule has 0 unspecified atom stereocenters. The van der Waals surface area contributed by atoms with Crippen LogP contribution in [0.2, 0.25) is 0 Å². The van der Waals surface area contributed by atoms with Gasteiger partial charge in [0.1, 0.15) is 0 Å². The van der Waals surface area contributed by atoms with Crippen molar-refractivity contribution in [2.24, 2.45) is 0 Å². The van der Waals surface area contributed by atoms with E-state index >= 15 is 0 Å². The Hall–Kier alpha value is 0.1000. The lowest BCUT2D eigenvalue weighted by atomic mass is 10.1. The van der Waals surface area contributed by atoms with Crippen LogP contribution in [0.15, 0.2) is 43.8 Å². The molecule has 0 nitrogen and oxygen atoms in total. The largest absolute Gasteiger partial charge is 0.142 e. The molecular weight excluding hydrogens is 284 g/mol. The maximum atomic E-state index is 4.53. The van der Waals surface area contributed by atoms with Gasteiger partial charge in [-0.15, -0.1) is 47.9 Å². The Morgan fingerprint density at radius 3 is 1.59 bits per heavy atom. The molecule has 0 aliphatic carbocycles. The van der Waals surface area contributed by atoms with Crippen LogP contribution in [0.4, 0.5) is 0 Å². The molecule has 2 aromatic carbocycles. The van der Waals surface area contributed by atoms with E-state index < -0.39 is 0 Å². The van der Waals surface area contributed by atoms with Gasteiger partial charge < -0.3 is 0 Å². The summed E-state index contributed by atoms with van der Waals surface area (Å²) in [6.07, 6.45) is 6.34. The van der Waals surface area contributed by atoms with Gasteiger partial charge in [-0.1, -0.05) is 0 Å². The monoisotopic (exact) mass is 298 g/mol. The van der Waals surface area contributed by atoms with Crippen molar-refractivity contribution in [1.82, 2.24) is 0 Å². The van der Waals surface area contributed by atoms with Crippen molar-refractivity contribution in [1.29, 1.82) is 0 Å². The van der Waals surface area contributed by atoms with Crippen molar-refractivity contribution in [3.63, 3.8) is 0 Å². The highest BCUT2D eigenvalue weighted by atomic mass is 32.2. The van der Waals surface area contributed by atoms with Crippen LogP contribution in [0.3, 0.4) is 0 Å². The molecule has 2 rings (SSSR count). The summed E-state index contributed by atoms with van der Waals surface area (Å²) in [7, 11) is 0. The summed E-state index contributed by atoms with van der Waals surface area (Å²) in [5.41, 5.74) is 0. The van der Waals surface area contributed by atoms with E-state index in [1.165, 1.54) is 25.5 Å². The third-order valence-corrected chi connectivity index (χ3v) is 5.62. The van der Waals surface area contributed by atoms with E-state index in [0.717, 1.165) is 4.90 Å². The Balaban J connectivity index is 2.70. The Morgan fingerprint density at radius 2 is 1.12 bits per heavy atom.